The number of aryl methyl sites for hydroxylation is 1. The summed E-state index contributed by atoms with van der Waals surface area (Å²) in [6.07, 6.45) is 2.75. The summed E-state index contributed by atoms with van der Waals surface area (Å²) in [5, 5.41) is 14.1. The Kier molecular flexibility index (Phi) is 6.05. The smallest absolute Gasteiger partial charge is 0.119 e. The molecule has 28 heavy (non-hydrogen) atoms. The van der Waals surface area contributed by atoms with Crippen molar-refractivity contribution in [3.8, 4) is 5.75 Å². The van der Waals surface area contributed by atoms with Crippen LogP contribution in [-0.4, -0.2) is 17.7 Å². The van der Waals surface area contributed by atoms with E-state index in [0.717, 1.165) is 36.1 Å². The number of aliphatic hydroxyl groups is 1. The zero-order valence-electron chi connectivity index (χ0n) is 16.1. The minimum absolute atomic E-state index is 0.429. The van der Waals surface area contributed by atoms with Crippen molar-refractivity contribution < 1.29 is 9.84 Å². The average molecular weight is 373 g/mol. The maximum absolute atomic E-state index is 10.5. The van der Waals surface area contributed by atoms with Crippen LogP contribution in [0.5, 0.6) is 5.75 Å². The molecular formula is C25H27NO2. The Hall–Kier alpha value is -2.62. The lowest BCUT2D eigenvalue weighted by Crippen LogP contribution is -2.37. The summed E-state index contributed by atoms with van der Waals surface area (Å²) < 4.78 is 5.82. The number of ether oxygens (including phenoxy) is 1. The van der Waals surface area contributed by atoms with Crippen molar-refractivity contribution in [1.82, 2.24) is 5.32 Å². The quantitative estimate of drug-likeness (QED) is 0.643. The number of fused-ring (bicyclic) bond motifs is 1. The van der Waals surface area contributed by atoms with Crippen molar-refractivity contribution in [2.45, 2.75) is 38.0 Å². The molecule has 3 aromatic carbocycles. The van der Waals surface area contributed by atoms with Gasteiger partial charge in [0, 0.05) is 12.6 Å². The van der Waals surface area contributed by atoms with Crippen LogP contribution in [0, 0.1) is 0 Å². The maximum Gasteiger partial charge on any atom is 0.119 e. The first-order valence-electron chi connectivity index (χ1n) is 10.0. The molecule has 144 valence electrons. The van der Waals surface area contributed by atoms with Crippen LogP contribution in [0.4, 0.5) is 0 Å². The van der Waals surface area contributed by atoms with Crippen LogP contribution < -0.4 is 10.1 Å². The van der Waals surface area contributed by atoms with Gasteiger partial charge in [-0.05, 0) is 53.6 Å². The van der Waals surface area contributed by atoms with Crippen LogP contribution in [0.15, 0.2) is 78.9 Å². The fourth-order valence-corrected chi connectivity index (χ4v) is 3.80. The normalized spacial score (nSPS) is 17.0. The molecule has 3 nitrogen and oxygen atoms in total. The van der Waals surface area contributed by atoms with Gasteiger partial charge in [-0.2, -0.15) is 0 Å². The third kappa shape index (κ3) is 4.80. The van der Waals surface area contributed by atoms with Crippen LogP contribution in [0.3, 0.4) is 0 Å². The van der Waals surface area contributed by atoms with Crippen molar-refractivity contribution in [2.24, 2.45) is 0 Å². The molecule has 2 atom stereocenters. The molecule has 0 heterocycles. The largest absolute Gasteiger partial charge is 0.489 e. The van der Waals surface area contributed by atoms with E-state index in [4.69, 9.17) is 4.74 Å². The number of nitrogens with one attached hydrogen (secondary N) is 1. The van der Waals surface area contributed by atoms with E-state index in [2.05, 4.69) is 29.6 Å². The second kappa shape index (κ2) is 9.05. The third-order valence-corrected chi connectivity index (χ3v) is 5.46. The van der Waals surface area contributed by atoms with Crippen molar-refractivity contribution in [3.63, 3.8) is 0 Å². The Morgan fingerprint density at radius 1 is 0.893 bits per heavy atom. The van der Waals surface area contributed by atoms with E-state index in [1.807, 2.05) is 54.6 Å². The molecule has 0 amide bonds. The van der Waals surface area contributed by atoms with Gasteiger partial charge in [-0.1, -0.05) is 66.7 Å². The molecule has 0 fully saturated rings. The van der Waals surface area contributed by atoms with Gasteiger partial charge in [0.2, 0.25) is 0 Å². The van der Waals surface area contributed by atoms with E-state index >= 15 is 0 Å². The predicted molar refractivity (Wildman–Crippen MR) is 112 cm³/mol. The lowest BCUT2D eigenvalue weighted by molar-refractivity contribution is 0.168. The summed E-state index contributed by atoms with van der Waals surface area (Å²) in [7, 11) is 0. The van der Waals surface area contributed by atoms with Gasteiger partial charge in [0.25, 0.3) is 0 Å². The number of aliphatic hydroxyl groups excluding tert-OH is 1. The molecule has 4 rings (SSSR count). The SMILES string of the molecule is O[C@@H](CN[C@H]1CCc2ccccc2C1)c1ccc(OCc2ccccc2)cc1. The summed E-state index contributed by atoms with van der Waals surface area (Å²) in [5.74, 6) is 0.816. The number of benzene rings is 3. The lowest BCUT2D eigenvalue weighted by atomic mass is 9.88. The number of hydrogen-bond acceptors (Lipinski definition) is 3. The Bertz CT molecular complexity index is 877. The van der Waals surface area contributed by atoms with Crippen LogP contribution in [-0.2, 0) is 19.4 Å². The highest BCUT2D eigenvalue weighted by Crippen LogP contribution is 2.22. The van der Waals surface area contributed by atoms with Crippen LogP contribution in [0.2, 0.25) is 0 Å². The highest BCUT2D eigenvalue weighted by Gasteiger charge is 2.19. The first-order chi connectivity index (χ1) is 13.8. The standard InChI is InChI=1S/C25H27NO2/c27-25(17-26-23-13-10-20-8-4-5-9-22(20)16-23)21-11-14-24(15-12-21)28-18-19-6-2-1-3-7-19/h1-9,11-12,14-15,23,25-27H,10,13,16-18H2/t23-,25-/m0/s1. The fraction of sp³-hybridized carbons (Fsp3) is 0.280. The number of hydrogen-bond donors (Lipinski definition) is 2. The first-order valence-corrected chi connectivity index (χ1v) is 10.0. The molecule has 0 saturated carbocycles. The number of rotatable bonds is 7. The van der Waals surface area contributed by atoms with Crippen LogP contribution in [0.1, 0.15) is 34.8 Å². The molecule has 3 aromatic rings. The third-order valence-electron chi connectivity index (χ3n) is 5.46. The van der Waals surface area contributed by atoms with Gasteiger partial charge in [0.05, 0.1) is 6.10 Å². The molecule has 0 spiro atoms. The zero-order chi connectivity index (χ0) is 19.2. The fourth-order valence-electron chi connectivity index (χ4n) is 3.80. The molecule has 0 unspecified atom stereocenters. The molecule has 0 saturated heterocycles. The molecule has 0 aromatic heterocycles. The van der Waals surface area contributed by atoms with E-state index in [-0.39, 0.29) is 0 Å². The molecular weight excluding hydrogens is 346 g/mol. The monoisotopic (exact) mass is 373 g/mol. The Morgan fingerprint density at radius 2 is 1.61 bits per heavy atom. The van der Waals surface area contributed by atoms with Gasteiger partial charge in [-0.15, -0.1) is 0 Å². The summed E-state index contributed by atoms with van der Waals surface area (Å²) in [6.45, 7) is 1.12. The molecule has 1 aliphatic carbocycles. The van der Waals surface area contributed by atoms with E-state index in [9.17, 15) is 5.11 Å². The van der Waals surface area contributed by atoms with Gasteiger partial charge in [-0.25, -0.2) is 0 Å². The van der Waals surface area contributed by atoms with Gasteiger partial charge >= 0.3 is 0 Å². The Labute approximate surface area is 167 Å². The summed E-state index contributed by atoms with van der Waals surface area (Å²) in [6, 6.07) is 27.0. The molecule has 0 bridgehead atoms. The lowest BCUT2D eigenvalue weighted by Gasteiger charge is -2.26. The topological polar surface area (TPSA) is 41.5 Å². The van der Waals surface area contributed by atoms with E-state index in [1.165, 1.54) is 11.1 Å². The Morgan fingerprint density at radius 3 is 2.39 bits per heavy atom. The molecule has 1 aliphatic rings. The van der Waals surface area contributed by atoms with E-state index in [0.29, 0.717) is 19.2 Å². The highest BCUT2D eigenvalue weighted by atomic mass is 16.5. The zero-order valence-corrected chi connectivity index (χ0v) is 16.1. The average Bonchev–Trinajstić information content (AvgIpc) is 2.77. The first kappa shape index (κ1) is 18.7. The molecule has 0 aliphatic heterocycles. The predicted octanol–water partition coefficient (Wildman–Crippen LogP) is 4.45. The summed E-state index contributed by atoms with van der Waals surface area (Å²) in [4.78, 5) is 0. The van der Waals surface area contributed by atoms with Gasteiger partial charge in [0.15, 0.2) is 0 Å². The molecule has 3 heteroatoms. The minimum atomic E-state index is -0.514. The minimum Gasteiger partial charge on any atom is -0.489 e. The maximum atomic E-state index is 10.5. The van der Waals surface area contributed by atoms with Crippen molar-refractivity contribution >= 4 is 0 Å². The Balaban J connectivity index is 1.26. The van der Waals surface area contributed by atoms with E-state index < -0.39 is 6.10 Å². The highest BCUT2D eigenvalue weighted by molar-refractivity contribution is 5.31. The van der Waals surface area contributed by atoms with Gasteiger partial charge in [-0.3, -0.25) is 0 Å². The molecule has 2 N–H and O–H groups in total. The van der Waals surface area contributed by atoms with Crippen molar-refractivity contribution in [3.05, 3.63) is 101 Å². The summed E-state index contributed by atoms with van der Waals surface area (Å²) >= 11 is 0. The second-order valence-corrected chi connectivity index (χ2v) is 7.48. The van der Waals surface area contributed by atoms with Crippen LogP contribution >= 0.6 is 0 Å². The van der Waals surface area contributed by atoms with E-state index in [1.54, 1.807) is 0 Å². The van der Waals surface area contributed by atoms with Crippen molar-refractivity contribution in [1.29, 1.82) is 0 Å². The van der Waals surface area contributed by atoms with Gasteiger partial charge < -0.3 is 15.2 Å². The van der Waals surface area contributed by atoms with Crippen LogP contribution in [0.25, 0.3) is 0 Å². The second-order valence-electron chi connectivity index (χ2n) is 7.48. The summed E-state index contributed by atoms with van der Waals surface area (Å²) in [5.41, 5.74) is 4.95. The van der Waals surface area contributed by atoms with Gasteiger partial charge in [0.1, 0.15) is 12.4 Å². The molecule has 0 radical (unpaired) electrons. The van der Waals surface area contributed by atoms with Crippen molar-refractivity contribution in [2.75, 3.05) is 6.54 Å².